The third-order valence-corrected chi connectivity index (χ3v) is 4.10. The molecule has 0 radical (unpaired) electrons. The number of benzene rings is 2. The van der Waals surface area contributed by atoms with Gasteiger partial charge in [-0.3, -0.25) is 0 Å². The Kier molecular flexibility index (Phi) is 3.65. The van der Waals surface area contributed by atoms with Gasteiger partial charge in [-0.2, -0.15) is 0 Å². The topological polar surface area (TPSA) is 41.2 Å². The van der Waals surface area contributed by atoms with Gasteiger partial charge in [0.2, 0.25) is 0 Å². The van der Waals surface area contributed by atoms with Gasteiger partial charge in [-0.25, -0.2) is 18.2 Å². The maximum absolute atomic E-state index is 14.4. The Morgan fingerprint density at radius 2 is 1.75 bits per heavy atom. The van der Waals surface area contributed by atoms with Crippen LogP contribution in [0.15, 0.2) is 30.3 Å². The molecule has 0 aliphatic carbocycles. The molecule has 4 rings (SSSR count). The second kappa shape index (κ2) is 5.83. The van der Waals surface area contributed by atoms with Gasteiger partial charge in [0, 0.05) is 24.7 Å². The van der Waals surface area contributed by atoms with Crippen LogP contribution in [0.25, 0.3) is 22.4 Å². The molecule has 0 spiro atoms. The minimum absolute atomic E-state index is 0.357. The molecule has 7 heteroatoms. The number of morpholine rings is 1. The Balaban J connectivity index is 1.76. The van der Waals surface area contributed by atoms with Gasteiger partial charge in [0.15, 0.2) is 11.6 Å². The Morgan fingerprint density at radius 1 is 0.958 bits per heavy atom. The zero-order valence-corrected chi connectivity index (χ0v) is 12.7. The van der Waals surface area contributed by atoms with E-state index in [1.165, 1.54) is 12.1 Å². The Hall–Kier alpha value is -2.54. The maximum atomic E-state index is 14.4. The number of hydrogen-bond donors (Lipinski definition) is 1. The minimum atomic E-state index is -0.951. The van der Waals surface area contributed by atoms with Crippen LogP contribution in [-0.4, -0.2) is 36.3 Å². The molecule has 1 saturated heterocycles. The molecule has 124 valence electrons. The van der Waals surface area contributed by atoms with E-state index in [-0.39, 0.29) is 5.82 Å². The Labute approximate surface area is 135 Å². The van der Waals surface area contributed by atoms with Crippen LogP contribution < -0.4 is 4.90 Å². The lowest BCUT2D eigenvalue weighted by Gasteiger charge is -2.29. The fourth-order valence-electron chi connectivity index (χ4n) is 2.85. The summed E-state index contributed by atoms with van der Waals surface area (Å²) in [6, 6.07) is 6.56. The average molecular weight is 333 g/mol. The number of imidazole rings is 1. The van der Waals surface area contributed by atoms with Crippen molar-refractivity contribution in [2.75, 3.05) is 31.2 Å². The van der Waals surface area contributed by atoms with Crippen molar-refractivity contribution in [3.63, 3.8) is 0 Å². The summed E-state index contributed by atoms with van der Waals surface area (Å²) < 4.78 is 46.1. The van der Waals surface area contributed by atoms with E-state index in [4.69, 9.17) is 4.74 Å². The fraction of sp³-hybridized carbons (Fsp3) is 0.235. The molecule has 0 unspecified atom stereocenters. The molecular weight excluding hydrogens is 319 g/mol. The lowest BCUT2D eigenvalue weighted by Crippen LogP contribution is -2.36. The van der Waals surface area contributed by atoms with E-state index >= 15 is 0 Å². The number of aromatic amines is 1. The van der Waals surface area contributed by atoms with E-state index in [0.29, 0.717) is 54.4 Å². The van der Waals surface area contributed by atoms with Crippen molar-refractivity contribution in [3.8, 4) is 11.4 Å². The molecule has 1 aliphatic rings. The first-order chi connectivity index (χ1) is 11.6. The molecule has 3 aromatic rings. The maximum Gasteiger partial charge on any atom is 0.159 e. The van der Waals surface area contributed by atoms with Gasteiger partial charge < -0.3 is 14.6 Å². The number of halogens is 3. The van der Waals surface area contributed by atoms with Gasteiger partial charge in [-0.15, -0.1) is 0 Å². The van der Waals surface area contributed by atoms with Crippen molar-refractivity contribution >= 4 is 16.7 Å². The summed E-state index contributed by atoms with van der Waals surface area (Å²) in [6.07, 6.45) is 0. The number of rotatable bonds is 2. The number of fused-ring (bicyclic) bond motifs is 1. The third-order valence-electron chi connectivity index (χ3n) is 4.10. The molecule has 1 N–H and O–H groups in total. The predicted molar refractivity (Wildman–Crippen MR) is 84.4 cm³/mol. The second-order valence-electron chi connectivity index (χ2n) is 5.63. The highest BCUT2D eigenvalue weighted by atomic mass is 19.2. The normalized spacial score (nSPS) is 15.2. The first kappa shape index (κ1) is 15.0. The van der Waals surface area contributed by atoms with Crippen LogP contribution in [0.2, 0.25) is 0 Å². The summed E-state index contributed by atoms with van der Waals surface area (Å²) in [4.78, 5) is 9.23. The number of ether oxygens (including phenoxy) is 1. The fourth-order valence-corrected chi connectivity index (χ4v) is 2.85. The van der Waals surface area contributed by atoms with Crippen LogP contribution in [0, 0.1) is 17.5 Å². The molecule has 2 heterocycles. The summed E-state index contributed by atoms with van der Waals surface area (Å²) in [5.41, 5.74) is 1.94. The SMILES string of the molecule is Fc1ccc(-c2nc3cc(N4CCOCC4)c(F)cc3[nH]2)cc1F. The average Bonchev–Trinajstić information content (AvgIpc) is 3.00. The zero-order chi connectivity index (χ0) is 16.7. The van der Waals surface area contributed by atoms with Crippen LogP contribution >= 0.6 is 0 Å². The molecule has 0 atom stereocenters. The smallest absolute Gasteiger partial charge is 0.159 e. The molecule has 24 heavy (non-hydrogen) atoms. The van der Waals surface area contributed by atoms with Crippen LogP contribution in [0.1, 0.15) is 0 Å². The standard InChI is InChI=1S/C17H14F3N3O/c18-11-2-1-10(7-12(11)19)17-21-14-8-13(20)16(9-15(14)22-17)23-3-5-24-6-4-23/h1-2,7-9H,3-6H2,(H,21,22). The molecule has 0 bridgehead atoms. The highest BCUT2D eigenvalue weighted by Gasteiger charge is 2.18. The van der Waals surface area contributed by atoms with Crippen molar-refractivity contribution < 1.29 is 17.9 Å². The number of nitrogens with zero attached hydrogens (tertiary/aromatic N) is 2. The molecule has 4 nitrogen and oxygen atoms in total. The predicted octanol–water partition coefficient (Wildman–Crippen LogP) is 3.48. The van der Waals surface area contributed by atoms with Crippen LogP contribution in [0.3, 0.4) is 0 Å². The third kappa shape index (κ3) is 2.60. The van der Waals surface area contributed by atoms with Crippen molar-refractivity contribution in [2.45, 2.75) is 0 Å². The molecule has 0 saturated carbocycles. The molecule has 1 aromatic heterocycles. The summed E-state index contributed by atoms with van der Waals surface area (Å²) >= 11 is 0. The molecular formula is C17H14F3N3O. The summed E-state index contributed by atoms with van der Waals surface area (Å²) in [6.45, 7) is 2.34. The molecule has 1 aliphatic heterocycles. The van der Waals surface area contributed by atoms with Gasteiger partial charge in [0.05, 0.1) is 29.9 Å². The summed E-state index contributed by atoms with van der Waals surface area (Å²) in [5.74, 6) is -1.86. The largest absolute Gasteiger partial charge is 0.378 e. The first-order valence-corrected chi connectivity index (χ1v) is 7.59. The van der Waals surface area contributed by atoms with Gasteiger partial charge in [0.25, 0.3) is 0 Å². The van der Waals surface area contributed by atoms with E-state index in [0.717, 1.165) is 12.1 Å². The lowest BCUT2D eigenvalue weighted by molar-refractivity contribution is 0.122. The van der Waals surface area contributed by atoms with Crippen LogP contribution in [0.4, 0.5) is 18.9 Å². The van der Waals surface area contributed by atoms with E-state index in [1.807, 2.05) is 4.90 Å². The van der Waals surface area contributed by atoms with Gasteiger partial charge in [-0.1, -0.05) is 0 Å². The number of anilines is 1. The molecule has 0 amide bonds. The quantitative estimate of drug-likeness (QED) is 0.781. The number of H-pyrrole nitrogens is 1. The number of hydrogen-bond acceptors (Lipinski definition) is 3. The van der Waals surface area contributed by atoms with E-state index < -0.39 is 11.6 Å². The van der Waals surface area contributed by atoms with Crippen molar-refractivity contribution in [3.05, 3.63) is 47.8 Å². The van der Waals surface area contributed by atoms with Gasteiger partial charge in [-0.05, 0) is 24.3 Å². The lowest BCUT2D eigenvalue weighted by atomic mass is 10.2. The molecule has 2 aromatic carbocycles. The Morgan fingerprint density at radius 3 is 2.50 bits per heavy atom. The highest BCUT2D eigenvalue weighted by Crippen LogP contribution is 2.28. The van der Waals surface area contributed by atoms with Gasteiger partial charge in [0.1, 0.15) is 11.6 Å². The first-order valence-electron chi connectivity index (χ1n) is 7.59. The summed E-state index contributed by atoms with van der Waals surface area (Å²) in [5, 5.41) is 0. The highest BCUT2D eigenvalue weighted by molar-refractivity contribution is 5.83. The minimum Gasteiger partial charge on any atom is -0.378 e. The van der Waals surface area contributed by atoms with Gasteiger partial charge >= 0.3 is 0 Å². The van der Waals surface area contributed by atoms with Crippen LogP contribution in [0.5, 0.6) is 0 Å². The van der Waals surface area contributed by atoms with Crippen molar-refractivity contribution in [1.82, 2.24) is 9.97 Å². The monoisotopic (exact) mass is 333 g/mol. The number of nitrogens with one attached hydrogen (secondary N) is 1. The second-order valence-corrected chi connectivity index (χ2v) is 5.63. The molecule has 1 fully saturated rings. The van der Waals surface area contributed by atoms with Crippen LogP contribution in [-0.2, 0) is 4.74 Å². The zero-order valence-electron chi connectivity index (χ0n) is 12.7. The van der Waals surface area contributed by atoms with E-state index in [9.17, 15) is 13.2 Å². The van der Waals surface area contributed by atoms with E-state index in [1.54, 1.807) is 6.07 Å². The van der Waals surface area contributed by atoms with Crippen molar-refractivity contribution in [1.29, 1.82) is 0 Å². The Bertz CT molecular complexity index is 903. The van der Waals surface area contributed by atoms with Crippen molar-refractivity contribution in [2.24, 2.45) is 0 Å². The summed E-state index contributed by atoms with van der Waals surface area (Å²) in [7, 11) is 0. The van der Waals surface area contributed by atoms with E-state index in [2.05, 4.69) is 9.97 Å². The number of aromatic nitrogens is 2.